The molecule has 0 heterocycles. The van der Waals surface area contributed by atoms with Crippen molar-refractivity contribution in [2.45, 2.75) is 26.9 Å². The summed E-state index contributed by atoms with van der Waals surface area (Å²) in [6, 6.07) is 4.99. The number of rotatable bonds is 4. The molecule has 0 aliphatic heterocycles. The summed E-state index contributed by atoms with van der Waals surface area (Å²) in [5, 5.41) is 0. The highest BCUT2D eigenvalue weighted by atomic mass is 19.1. The van der Waals surface area contributed by atoms with Gasteiger partial charge in [0, 0.05) is 5.56 Å². The molecule has 0 aliphatic rings. The molecule has 1 aromatic rings. The molecule has 0 aliphatic carbocycles. The normalized spacial score (nSPS) is 12.0. The summed E-state index contributed by atoms with van der Waals surface area (Å²) >= 11 is 0. The van der Waals surface area contributed by atoms with Gasteiger partial charge in [-0.25, -0.2) is 9.18 Å². The Hall–Kier alpha value is -1.71. The Labute approximate surface area is 99.6 Å². The number of ether oxygens (including phenoxy) is 1. The molecule has 1 unspecified atom stereocenters. The van der Waals surface area contributed by atoms with E-state index in [1.54, 1.807) is 19.9 Å². The van der Waals surface area contributed by atoms with Crippen LogP contribution in [-0.4, -0.2) is 24.5 Å². The number of carbonyl (C=O) groups is 2. The summed E-state index contributed by atoms with van der Waals surface area (Å²) in [5.41, 5.74) is 1.79. The third kappa shape index (κ3) is 2.90. The molecule has 1 rings (SSSR count). The average Bonchev–Trinajstić information content (AvgIpc) is 2.31. The molecule has 0 radical (unpaired) electrons. The zero-order valence-corrected chi connectivity index (χ0v) is 10.1. The molecular formula is C13H15FO3. The number of aryl methyl sites for hydroxylation is 1. The van der Waals surface area contributed by atoms with E-state index in [-0.39, 0.29) is 12.2 Å². The first-order valence-corrected chi connectivity index (χ1v) is 5.40. The van der Waals surface area contributed by atoms with Crippen LogP contribution in [0.15, 0.2) is 18.2 Å². The molecule has 0 spiro atoms. The maximum Gasteiger partial charge on any atom is 0.348 e. The predicted molar refractivity (Wildman–Crippen MR) is 61.8 cm³/mol. The minimum absolute atomic E-state index is 0.0549. The second kappa shape index (κ2) is 5.57. The van der Waals surface area contributed by atoms with E-state index in [1.165, 1.54) is 6.07 Å². The molecule has 1 atom stereocenters. The molecule has 0 fully saturated rings. The van der Waals surface area contributed by atoms with E-state index in [9.17, 15) is 14.0 Å². The Balaban J connectivity index is 2.97. The topological polar surface area (TPSA) is 43.4 Å². The van der Waals surface area contributed by atoms with E-state index in [2.05, 4.69) is 4.74 Å². The van der Waals surface area contributed by atoms with Crippen LogP contribution >= 0.6 is 0 Å². The van der Waals surface area contributed by atoms with Crippen LogP contribution in [0.1, 0.15) is 28.4 Å². The number of halogens is 1. The van der Waals surface area contributed by atoms with E-state index in [4.69, 9.17) is 0 Å². The molecule has 0 aromatic heterocycles. The number of ketones is 1. The number of benzene rings is 1. The third-order valence-corrected chi connectivity index (χ3v) is 2.59. The molecule has 0 N–H and O–H groups in total. The Morgan fingerprint density at radius 3 is 2.59 bits per heavy atom. The first-order valence-electron chi connectivity index (χ1n) is 5.40. The summed E-state index contributed by atoms with van der Waals surface area (Å²) in [7, 11) is 0. The van der Waals surface area contributed by atoms with Gasteiger partial charge in [0.25, 0.3) is 6.17 Å². The Morgan fingerprint density at radius 2 is 2.00 bits per heavy atom. The van der Waals surface area contributed by atoms with Crippen molar-refractivity contribution >= 4 is 11.8 Å². The van der Waals surface area contributed by atoms with Gasteiger partial charge in [-0.15, -0.1) is 0 Å². The first kappa shape index (κ1) is 13.4. The monoisotopic (exact) mass is 238 g/mol. The van der Waals surface area contributed by atoms with Gasteiger partial charge >= 0.3 is 5.97 Å². The Morgan fingerprint density at radius 1 is 1.35 bits per heavy atom. The van der Waals surface area contributed by atoms with E-state index in [0.717, 1.165) is 5.56 Å². The number of esters is 1. The highest BCUT2D eigenvalue weighted by Crippen LogP contribution is 2.16. The van der Waals surface area contributed by atoms with Gasteiger partial charge in [0.15, 0.2) is 0 Å². The Kier molecular flexibility index (Phi) is 4.37. The van der Waals surface area contributed by atoms with Crippen molar-refractivity contribution in [3.05, 3.63) is 34.9 Å². The van der Waals surface area contributed by atoms with Crippen molar-refractivity contribution in [3.63, 3.8) is 0 Å². The maximum absolute atomic E-state index is 13.6. The molecule has 0 saturated carbocycles. The number of alkyl halides is 1. The average molecular weight is 238 g/mol. The van der Waals surface area contributed by atoms with Crippen LogP contribution in [0.3, 0.4) is 0 Å². The fraction of sp³-hybridized carbons (Fsp3) is 0.385. The number of hydrogen-bond acceptors (Lipinski definition) is 3. The summed E-state index contributed by atoms with van der Waals surface area (Å²) in [6.45, 7) is 5.16. The second-order valence-electron chi connectivity index (χ2n) is 3.73. The smallest absolute Gasteiger partial charge is 0.348 e. The lowest BCUT2D eigenvalue weighted by Crippen LogP contribution is -2.28. The fourth-order valence-corrected chi connectivity index (χ4v) is 1.48. The molecule has 0 bridgehead atoms. The number of Topliss-reactive ketones (excluding diaryl/α,β-unsaturated/α-hetero) is 1. The van der Waals surface area contributed by atoms with Crippen molar-refractivity contribution < 1.29 is 18.7 Å². The second-order valence-corrected chi connectivity index (χ2v) is 3.73. The van der Waals surface area contributed by atoms with Crippen LogP contribution in [0.5, 0.6) is 0 Å². The molecule has 17 heavy (non-hydrogen) atoms. The molecule has 0 amide bonds. The molecule has 1 aromatic carbocycles. The van der Waals surface area contributed by atoms with Crippen LogP contribution in [-0.2, 0) is 9.53 Å². The minimum Gasteiger partial charge on any atom is -0.463 e. The van der Waals surface area contributed by atoms with Crippen LogP contribution in [0.2, 0.25) is 0 Å². The van der Waals surface area contributed by atoms with Gasteiger partial charge in [-0.05, 0) is 31.9 Å². The number of carbonyl (C=O) groups excluding carboxylic acids is 2. The lowest BCUT2D eigenvalue weighted by molar-refractivity contribution is -0.147. The summed E-state index contributed by atoms with van der Waals surface area (Å²) in [5.74, 6) is -1.97. The van der Waals surface area contributed by atoms with Gasteiger partial charge in [-0.1, -0.05) is 18.2 Å². The van der Waals surface area contributed by atoms with Crippen molar-refractivity contribution in [2.75, 3.05) is 6.61 Å². The zero-order valence-electron chi connectivity index (χ0n) is 10.1. The molecular weight excluding hydrogens is 223 g/mol. The standard InChI is InChI=1S/C13H15FO3/c1-4-17-13(16)11(14)12(15)10-7-5-6-8(2)9(10)3/h5-7,11H,4H2,1-3H3. The minimum atomic E-state index is -2.24. The van der Waals surface area contributed by atoms with Crippen molar-refractivity contribution in [2.24, 2.45) is 0 Å². The summed E-state index contributed by atoms with van der Waals surface area (Å²) < 4.78 is 18.0. The molecule has 4 heteroatoms. The molecule has 0 saturated heterocycles. The van der Waals surface area contributed by atoms with E-state index >= 15 is 0 Å². The largest absolute Gasteiger partial charge is 0.463 e. The lowest BCUT2D eigenvalue weighted by atomic mass is 9.98. The number of hydrogen-bond donors (Lipinski definition) is 0. The van der Waals surface area contributed by atoms with Crippen molar-refractivity contribution in [1.82, 2.24) is 0 Å². The van der Waals surface area contributed by atoms with Crippen LogP contribution in [0.4, 0.5) is 4.39 Å². The van der Waals surface area contributed by atoms with Crippen LogP contribution in [0.25, 0.3) is 0 Å². The predicted octanol–water partition coefficient (Wildman–Crippen LogP) is 2.39. The molecule has 3 nitrogen and oxygen atoms in total. The third-order valence-electron chi connectivity index (χ3n) is 2.59. The highest BCUT2D eigenvalue weighted by Gasteiger charge is 2.29. The van der Waals surface area contributed by atoms with Crippen molar-refractivity contribution in [3.8, 4) is 0 Å². The SMILES string of the molecule is CCOC(=O)C(F)C(=O)c1cccc(C)c1C. The maximum atomic E-state index is 13.6. The highest BCUT2D eigenvalue weighted by molar-refractivity contribution is 6.11. The Bertz CT molecular complexity index is 440. The van der Waals surface area contributed by atoms with Crippen molar-refractivity contribution in [1.29, 1.82) is 0 Å². The first-order chi connectivity index (χ1) is 7.99. The van der Waals surface area contributed by atoms with Crippen LogP contribution < -0.4 is 0 Å². The van der Waals surface area contributed by atoms with Gasteiger partial charge in [0.1, 0.15) is 0 Å². The van der Waals surface area contributed by atoms with E-state index < -0.39 is 17.9 Å². The molecule has 92 valence electrons. The quantitative estimate of drug-likeness (QED) is 0.459. The van der Waals surface area contributed by atoms with Gasteiger partial charge < -0.3 is 4.74 Å². The fourth-order valence-electron chi connectivity index (χ4n) is 1.48. The summed E-state index contributed by atoms with van der Waals surface area (Å²) in [4.78, 5) is 22.9. The zero-order chi connectivity index (χ0) is 13.0. The summed E-state index contributed by atoms with van der Waals surface area (Å²) in [6.07, 6.45) is -2.24. The lowest BCUT2D eigenvalue weighted by Gasteiger charge is -2.10. The van der Waals surface area contributed by atoms with Crippen LogP contribution in [0, 0.1) is 13.8 Å². The van der Waals surface area contributed by atoms with E-state index in [0.29, 0.717) is 5.56 Å². The van der Waals surface area contributed by atoms with Gasteiger partial charge in [0.05, 0.1) is 6.61 Å². The van der Waals surface area contributed by atoms with Gasteiger partial charge in [-0.2, -0.15) is 0 Å². The van der Waals surface area contributed by atoms with Gasteiger partial charge in [-0.3, -0.25) is 4.79 Å². The van der Waals surface area contributed by atoms with E-state index in [1.807, 2.05) is 13.0 Å². The van der Waals surface area contributed by atoms with Gasteiger partial charge in [0.2, 0.25) is 5.78 Å².